The van der Waals surface area contributed by atoms with Gasteiger partial charge < -0.3 is 14.2 Å². The molecular weight excluding hydrogens is 408 g/mol. The van der Waals surface area contributed by atoms with E-state index in [4.69, 9.17) is 14.2 Å². The average molecular weight is 447 g/mol. The van der Waals surface area contributed by atoms with Crippen molar-refractivity contribution < 1.29 is 28.6 Å². The molecule has 3 aliphatic rings. The number of carbonyl (C=O) groups excluding carboxylic acids is 3. The van der Waals surface area contributed by atoms with Crippen molar-refractivity contribution >= 4 is 17.9 Å². The quantitative estimate of drug-likeness (QED) is 0.344. The lowest BCUT2D eigenvalue weighted by molar-refractivity contribution is -0.179. The van der Waals surface area contributed by atoms with Gasteiger partial charge in [-0.1, -0.05) is 33.3 Å². The van der Waals surface area contributed by atoms with Gasteiger partial charge in [0.15, 0.2) is 0 Å². The van der Waals surface area contributed by atoms with E-state index >= 15 is 0 Å². The molecule has 7 atom stereocenters. The van der Waals surface area contributed by atoms with Crippen LogP contribution in [0.15, 0.2) is 24.3 Å². The number of rotatable bonds is 5. The Bertz CT molecular complexity index is 830. The first-order chi connectivity index (χ1) is 14.9. The van der Waals surface area contributed by atoms with Crippen molar-refractivity contribution in [3.8, 4) is 0 Å². The lowest BCUT2D eigenvalue weighted by Gasteiger charge is -2.62. The SMILES string of the molecule is C=C[C@]1(C)CC[C@H]2C(=CC(OC(C)=O)C3[C@@](C)(COC(C)=O)CCC[C@]32C)[C@H]1OC(C)=O. The van der Waals surface area contributed by atoms with Gasteiger partial charge in [-0.25, -0.2) is 0 Å². The first kappa shape index (κ1) is 24.5. The summed E-state index contributed by atoms with van der Waals surface area (Å²) in [7, 11) is 0. The zero-order chi connectivity index (χ0) is 23.9. The summed E-state index contributed by atoms with van der Waals surface area (Å²) in [5.74, 6) is -0.798. The van der Waals surface area contributed by atoms with E-state index in [1.165, 1.54) is 20.8 Å². The van der Waals surface area contributed by atoms with Gasteiger partial charge in [-0.2, -0.15) is 0 Å². The fourth-order valence-electron chi connectivity index (χ4n) is 6.96. The van der Waals surface area contributed by atoms with Crippen molar-refractivity contribution in [2.45, 2.75) is 85.9 Å². The highest BCUT2D eigenvalue weighted by Gasteiger charge is 2.62. The summed E-state index contributed by atoms with van der Waals surface area (Å²) in [5.41, 5.74) is 0.152. The van der Waals surface area contributed by atoms with Gasteiger partial charge in [-0.15, -0.1) is 6.58 Å². The molecule has 2 saturated carbocycles. The van der Waals surface area contributed by atoms with Crippen LogP contribution in [-0.2, 0) is 28.6 Å². The maximum atomic E-state index is 12.1. The lowest BCUT2D eigenvalue weighted by Crippen LogP contribution is -2.60. The molecular formula is C26H38O6. The number of hydrogen-bond donors (Lipinski definition) is 0. The number of carbonyl (C=O) groups is 3. The van der Waals surface area contributed by atoms with Crippen molar-refractivity contribution in [2.24, 2.45) is 28.1 Å². The third-order valence-corrected chi connectivity index (χ3v) is 8.34. The first-order valence-electron chi connectivity index (χ1n) is 11.7. The Labute approximate surface area is 191 Å². The van der Waals surface area contributed by atoms with E-state index in [-0.39, 0.29) is 46.0 Å². The van der Waals surface area contributed by atoms with Gasteiger partial charge >= 0.3 is 17.9 Å². The molecule has 0 spiro atoms. The van der Waals surface area contributed by atoms with Crippen LogP contribution in [0.4, 0.5) is 0 Å². The minimum atomic E-state index is -0.477. The van der Waals surface area contributed by atoms with Gasteiger partial charge in [0.25, 0.3) is 0 Å². The Balaban J connectivity index is 2.14. The van der Waals surface area contributed by atoms with Crippen LogP contribution in [-0.4, -0.2) is 36.7 Å². The molecule has 0 saturated heterocycles. The zero-order valence-corrected chi connectivity index (χ0v) is 20.4. The summed E-state index contributed by atoms with van der Waals surface area (Å²) in [6.45, 7) is 15.1. The van der Waals surface area contributed by atoms with Crippen molar-refractivity contribution in [3.63, 3.8) is 0 Å². The largest absolute Gasteiger partial charge is 0.465 e. The molecule has 0 aromatic heterocycles. The molecule has 3 aliphatic carbocycles. The molecule has 0 amide bonds. The number of fused-ring (bicyclic) bond motifs is 3. The van der Waals surface area contributed by atoms with Crippen molar-refractivity contribution in [1.29, 1.82) is 0 Å². The Morgan fingerprint density at radius 3 is 2.25 bits per heavy atom. The van der Waals surface area contributed by atoms with Gasteiger partial charge in [0.2, 0.25) is 0 Å². The molecule has 3 rings (SSSR count). The van der Waals surface area contributed by atoms with E-state index in [1.807, 2.05) is 12.2 Å². The summed E-state index contributed by atoms with van der Waals surface area (Å²) in [6.07, 6.45) is 7.68. The van der Waals surface area contributed by atoms with E-state index in [1.54, 1.807) is 0 Å². The van der Waals surface area contributed by atoms with Gasteiger partial charge in [-0.05, 0) is 48.7 Å². The Hall–Kier alpha value is -2.11. The van der Waals surface area contributed by atoms with Crippen LogP contribution in [0.25, 0.3) is 0 Å². The average Bonchev–Trinajstić information content (AvgIpc) is 2.68. The molecule has 0 aromatic rings. The fraction of sp³-hybridized carbons (Fsp3) is 0.731. The summed E-state index contributed by atoms with van der Waals surface area (Å²) in [6, 6.07) is 0. The van der Waals surface area contributed by atoms with Gasteiger partial charge in [0, 0.05) is 37.5 Å². The molecule has 0 aromatic carbocycles. The molecule has 32 heavy (non-hydrogen) atoms. The molecule has 0 bridgehead atoms. The van der Waals surface area contributed by atoms with E-state index in [0.717, 1.165) is 37.7 Å². The summed E-state index contributed by atoms with van der Waals surface area (Å²) >= 11 is 0. The van der Waals surface area contributed by atoms with E-state index in [2.05, 4.69) is 27.4 Å². The number of esters is 3. The molecule has 2 unspecified atom stereocenters. The second-order valence-electron chi connectivity index (χ2n) is 10.8. The topological polar surface area (TPSA) is 78.9 Å². The molecule has 178 valence electrons. The minimum absolute atomic E-state index is 0.00758. The van der Waals surface area contributed by atoms with Gasteiger partial charge in [0.05, 0.1) is 6.61 Å². The van der Waals surface area contributed by atoms with Crippen molar-refractivity contribution in [1.82, 2.24) is 0 Å². The summed E-state index contributed by atoms with van der Waals surface area (Å²) in [4.78, 5) is 35.8. The Morgan fingerprint density at radius 1 is 1.03 bits per heavy atom. The third kappa shape index (κ3) is 4.25. The highest BCUT2D eigenvalue weighted by molar-refractivity contribution is 5.67. The van der Waals surface area contributed by atoms with Crippen molar-refractivity contribution in [2.75, 3.05) is 6.61 Å². The monoisotopic (exact) mass is 446 g/mol. The van der Waals surface area contributed by atoms with Gasteiger partial charge in [0.1, 0.15) is 12.2 Å². The maximum absolute atomic E-state index is 12.1. The van der Waals surface area contributed by atoms with Gasteiger partial charge in [-0.3, -0.25) is 14.4 Å². The van der Waals surface area contributed by atoms with Crippen LogP contribution >= 0.6 is 0 Å². The number of ether oxygens (including phenoxy) is 3. The highest BCUT2D eigenvalue weighted by atomic mass is 16.6. The number of hydrogen-bond acceptors (Lipinski definition) is 6. The summed E-state index contributed by atoms with van der Waals surface area (Å²) < 4.78 is 17.3. The third-order valence-electron chi connectivity index (χ3n) is 8.34. The van der Waals surface area contributed by atoms with Crippen LogP contribution in [0.5, 0.6) is 0 Å². The predicted molar refractivity (Wildman–Crippen MR) is 120 cm³/mol. The zero-order valence-electron chi connectivity index (χ0n) is 20.4. The van der Waals surface area contributed by atoms with E-state index in [9.17, 15) is 14.4 Å². The van der Waals surface area contributed by atoms with Crippen LogP contribution in [0.3, 0.4) is 0 Å². The van der Waals surface area contributed by atoms with E-state index in [0.29, 0.717) is 6.61 Å². The van der Waals surface area contributed by atoms with Crippen LogP contribution < -0.4 is 0 Å². The second kappa shape index (κ2) is 8.68. The molecule has 0 heterocycles. The molecule has 6 heteroatoms. The van der Waals surface area contributed by atoms with Crippen molar-refractivity contribution in [3.05, 3.63) is 24.3 Å². The second-order valence-corrected chi connectivity index (χ2v) is 10.8. The normalized spacial score (nSPS) is 40.8. The smallest absolute Gasteiger partial charge is 0.303 e. The first-order valence-corrected chi connectivity index (χ1v) is 11.7. The maximum Gasteiger partial charge on any atom is 0.303 e. The van der Waals surface area contributed by atoms with E-state index < -0.39 is 12.2 Å². The fourth-order valence-corrected chi connectivity index (χ4v) is 6.96. The summed E-state index contributed by atoms with van der Waals surface area (Å²) in [5, 5.41) is 0. The molecule has 0 radical (unpaired) electrons. The van der Waals surface area contributed by atoms with Crippen LogP contribution in [0.1, 0.15) is 73.6 Å². The molecule has 2 fully saturated rings. The predicted octanol–water partition coefficient (Wildman–Crippen LogP) is 4.77. The van der Waals surface area contributed by atoms with Crippen LogP contribution in [0, 0.1) is 28.1 Å². The standard InChI is InChI=1S/C26H38O6/c1-8-24(5)13-10-20-19(23(24)32-18(4)29)14-21(31-17(3)28)22-25(6,15-30-16(2)27)11-9-12-26(20,22)7/h8,14,20-23H,1,9-13,15H2,2-7H3/t20-,21?,22?,23+,24+,25+,26-/m0/s1. The molecule has 6 nitrogen and oxygen atoms in total. The van der Waals surface area contributed by atoms with Crippen LogP contribution in [0.2, 0.25) is 0 Å². The minimum Gasteiger partial charge on any atom is -0.465 e. The molecule has 0 aliphatic heterocycles. The molecule has 0 N–H and O–H groups in total. The Morgan fingerprint density at radius 2 is 1.69 bits per heavy atom. The lowest BCUT2D eigenvalue weighted by atomic mass is 9.44. The Kier molecular flexibility index (Phi) is 6.65. The highest BCUT2D eigenvalue weighted by Crippen LogP contribution is 2.64.